The Balaban J connectivity index is 1.82. The van der Waals surface area contributed by atoms with Crippen molar-refractivity contribution in [1.29, 1.82) is 0 Å². The molecule has 5 heteroatoms. The topological polar surface area (TPSA) is 33.2 Å². The van der Waals surface area contributed by atoms with Gasteiger partial charge in [-0.2, -0.15) is 0 Å². The van der Waals surface area contributed by atoms with Crippen molar-refractivity contribution in [1.82, 2.24) is 9.88 Å². The fraction of sp³-hybridized carbons (Fsp3) is 0.556. The molecule has 2 fully saturated rings. The molecule has 1 saturated carbocycles. The van der Waals surface area contributed by atoms with Crippen molar-refractivity contribution in [2.24, 2.45) is 17.3 Å². The predicted octanol–water partition coefficient (Wildman–Crippen LogP) is 4.73. The molecule has 124 valence electrons. The Labute approximate surface area is 147 Å². The third-order valence-corrected chi connectivity index (χ3v) is 5.59. The van der Waals surface area contributed by atoms with Crippen LogP contribution in [0.1, 0.15) is 44.7 Å². The Morgan fingerprint density at radius 2 is 2.17 bits per heavy atom. The van der Waals surface area contributed by atoms with Gasteiger partial charge >= 0.3 is 0 Å². The van der Waals surface area contributed by atoms with E-state index in [0.717, 1.165) is 31.4 Å². The van der Waals surface area contributed by atoms with Gasteiger partial charge in [0.25, 0.3) is 0 Å². The predicted molar refractivity (Wildman–Crippen MR) is 93.1 cm³/mol. The Hall–Kier alpha value is -1.06. The Morgan fingerprint density at radius 3 is 2.83 bits per heavy atom. The van der Waals surface area contributed by atoms with E-state index in [-0.39, 0.29) is 33.7 Å². The summed E-state index contributed by atoms with van der Waals surface area (Å²) in [6.45, 7) is 5.03. The summed E-state index contributed by atoms with van der Waals surface area (Å²) in [5, 5.41) is 0. The van der Waals surface area contributed by atoms with Crippen LogP contribution in [-0.2, 0) is 4.79 Å². The number of hydrogen-bond acceptors (Lipinski definition) is 2. The maximum atomic E-state index is 13.1. The van der Waals surface area contributed by atoms with Gasteiger partial charge < -0.3 is 4.90 Å². The number of rotatable bonds is 3. The van der Waals surface area contributed by atoms with Crippen molar-refractivity contribution in [2.45, 2.75) is 39.2 Å². The summed E-state index contributed by atoms with van der Waals surface area (Å²) >= 11 is 11.6. The third kappa shape index (κ3) is 3.27. The highest BCUT2D eigenvalue weighted by Crippen LogP contribution is 2.61. The number of allylic oxidation sites excluding steroid dienone is 1. The van der Waals surface area contributed by atoms with Crippen molar-refractivity contribution in [3.63, 3.8) is 0 Å². The second-order valence-corrected chi connectivity index (χ2v) is 8.12. The molecule has 0 N–H and O–H groups in total. The summed E-state index contributed by atoms with van der Waals surface area (Å²) in [4.78, 5) is 19.4. The quantitative estimate of drug-likeness (QED) is 0.787. The molecule has 1 aromatic heterocycles. The molecule has 3 rings (SSSR count). The van der Waals surface area contributed by atoms with Gasteiger partial charge in [-0.1, -0.05) is 43.1 Å². The van der Waals surface area contributed by atoms with Gasteiger partial charge in [0, 0.05) is 18.9 Å². The zero-order valence-electron chi connectivity index (χ0n) is 13.5. The van der Waals surface area contributed by atoms with E-state index in [4.69, 9.17) is 23.2 Å². The fourth-order valence-corrected chi connectivity index (χ4v) is 4.16. The van der Waals surface area contributed by atoms with Gasteiger partial charge in [0.15, 0.2) is 0 Å². The summed E-state index contributed by atoms with van der Waals surface area (Å²) in [5.41, 5.74) is 1.05. The van der Waals surface area contributed by atoms with E-state index in [0.29, 0.717) is 0 Å². The second-order valence-electron chi connectivity index (χ2n) is 7.11. The lowest BCUT2D eigenvalue weighted by atomic mass is 9.95. The second kappa shape index (κ2) is 6.45. The maximum Gasteiger partial charge on any atom is 0.227 e. The molecule has 1 aliphatic heterocycles. The molecule has 0 spiro atoms. The zero-order valence-corrected chi connectivity index (χ0v) is 15.0. The minimum absolute atomic E-state index is 0.0349. The first-order valence-corrected chi connectivity index (χ1v) is 8.91. The lowest BCUT2D eigenvalue weighted by Crippen LogP contribution is -2.40. The summed E-state index contributed by atoms with van der Waals surface area (Å²) in [6, 6.07) is 4.14. The first-order chi connectivity index (χ1) is 10.9. The molecule has 3 nitrogen and oxygen atoms in total. The Morgan fingerprint density at radius 1 is 1.39 bits per heavy atom. The Bertz CT molecular complexity index is 611. The summed E-state index contributed by atoms with van der Waals surface area (Å²) in [7, 11) is 0. The molecule has 1 saturated heterocycles. The normalized spacial score (nSPS) is 29.0. The van der Waals surface area contributed by atoms with Crippen LogP contribution in [0, 0.1) is 17.3 Å². The number of amides is 1. The first-order valence-electron chi connectivity index (χ1n) is 8.16. The average Bonchev–Trinajstić information content (AvgIpc) is 3.07. The number of carbonyl (C=O) groups is 1. The molecule has 0 radical (unpaired) electrons. The molecule has 1 amide bonds. The number of halogens is 2. The highest BCUT2D eigenvalue weighted by atomic mass is 35.5. The lowest BCUT2D eigenvalue weighted by Gasteiger charge is -2.36. The van der Waals surface area contributed by atoms with Crippen molar-refractivity contribution in [3.05, 3.63) is 40.7 Å². The van der Waals surface area contributed by atoms with Crippen LogP contribution in [0.3, 0.4) is 0 Å². The van der Waals surface area contributed by atoms with Gasteiger partial charge in [0.05, 0.1) is 12.0 Å². The summed E-state index contributed by atoms with van der Waals surface area (Å²) in [5.74, 6) is 0.308. The SMILES string of the molecule is CC1(C)[C@H](C(=O)N2CCCC[C@@H]2c2cccnc2)[C@@H]1C=C(Cl)Cl. The number of nitrogens with zero attached hydrogens (tertiary/aromatic N) is 2. The van der Waals surface area contributed by atoms with Crippen molar-refractivity contribution in [3.8, 4) is 0 Å². The van der Waals surface area contributed by atoms with Crippen molar-refractivity contribution in [2.75, 3.05) is 6.54 Å². The highest BCUT2D eigenvalue weighted by Gasteiger charge is 2.62. The number of piperidine rings is 1. The molecule has 3 atom stereocenters. The largest absolute Gasteiger partial charge is 0.335 e. The summed E-state index contributed by atoms with van der Waals surface area (Å²) in [6.07, 6.45) is 8.67. The molecule has 23 heavy (non-hydrogen) atoms. The zero-order chi connectivity index (χ0) is 16.6. The van der Waals surface area contributed by atoms with Crippen LogP contribution in [0.5, 0.6) is 0 Å². The number of aromatic nitrogens is 1. The van der Waals surface area contributed by atoms with Gasteiger partial charge in [0.2, 0.25) is 5.91 Å². The van der Waals surface area contributed by atoms with Gasteiger partial charge in [-0.25, -0.2) is 0 Å². The van der Waals surface area contributed by atoms with Gasteiger partial charge in [-0.15, -0.1) is 0 Å². The molecule has 2 aliphatic rings. The minimum atomic E-state index is -0.0803. The number of carbonyl (C=O) groups excluding carboxylic acids is 1. The van der Waals surface area contributed by atoms with E-state index >= 15 is 0 Å². The van der Waals surface area contributed by atoms with Crippen LogP contribution in [0.25, 0.3) is 0 Å². The highest BCUT2D eigenvalue weighted by molar-refractivity contribution is 6.55. The van der Waals surface area contributed by atoms with Gasteiger partial charge in [-0.3, -0.25) is 9.78 Å². The fourth-order valence-electron chi connectivity index (χ4n) is 3.89. The monoisotopic (exact) mass is 352 g/mol. The number of pyridine rings is 1. The van der Waals surface area contributed by atoms with Crippen molar-refractivity contribution < 1.29 is 4.79 Å². The molecule has 0 unspecified atom stereocenters. The molecule has 0 bridgehead atoms. The standard InChI is InChI=1S/C18H22Cl2N2O/c1-18(2)13(10-15(19)20)16(18)17(23)22-9-4-3-7-14(22)12-6-5-8-21-11-12/h5-6,8,10-11,13-14,16H,3-4,7,9H2,1-2H3/t13-,14+,16-/m0/s1. The van der Waals surface area contributed by atoms with E-state index in [1.165, 1.54) is 0 Å². The van der Waals surface area contributed by atoms with Gasteiger partial charge in [0.1, 0.15) is 4.49 Å². The number of hydrogen-bond donors (Lipinski definition) is 0. The molecule has 1 aliphatic carbocycles. The van der Waals surface area contributed by atoms with E-state index in [2.05, 4.69) is 24.9 Å². The van der Waals surface area contributed by atoms with E-state index < -0.39 is 0 Å². The maximum absolute atomic E-state index is 13.1. The smallest absolute Gasteiger partial charge is 0.227 e. The van der Waals surface area contributed by atoms with Crippen LogP contribution in [0.4, 0.5) is 0 Å². The summed E-state index contributed by atoms with van der Waals surface area (Å²) < 4.78 is 0.251. The van der Waals surface area contributed by atoms with E-state index in [1.54, 1.807) is 6.20 Å². The van der Waals surface area contributed by atoms with Gasteiger partial charge in [-0.05, 0) is 48.3 Å². The minimum Gasteiger partial charge on any atom is -0.335 e. The average molecular weight is 353 g/mol. The van der Waals surface area contributed by atoms with Crippen LogP contribution in [-0.4, -0.2) is 22.3 Å². The molecular formula is C18H22Cl2N2O. The molecule has 0 aromatic carbocycles. The first kappa shape index (κ1) is 16.8. The number of likely N-dealkylation sites (tertiary alicyclic amines) is 1. The van der Waals surface area contributed by atoms with Crippen LogP contribution in [0.15, 0.2) is 35.1 Å². The van der Waals surface area contributed by atoms with E-state index in [1.807, 2.05) is 23.2 Å². The molecule has 1 aromatic rings. The van der Waals surface area contributed by atoms with Crippen LogP contribution < -0.4 is 0 Å². The lowest BCUT2D eigenvalue weighted by molar-refractivity contribution is -0.137. The van der Waals surface area contributed by atoms with E-state index in [9.17, 15) is 4.79 Å². The molecular weight excluding hydrogens is 331 g/mol. The van der Waals surface area contributed by atoms with Crippen LogP contribution in [0.2, 0.25) is 0 Å². The van der Waals surface area contributed by atoms with Crippen LogP contribution >= 0.6 is 23.2 Å². The van der Waals surface area contributed by atoms with Crippen molar-refractivity contribution >= 4 is 29.1 Å². The Kier molecular flexibility index (Phi) is 4.70. The molecule has 2 heterocycles. The third-order valence-electron chi connectivity index (χ3n) is 5.34.